The molecular weight excluding hydrogens is 304 g/mol. The van der Waals surface area contributed by atoms with Crippen LogP contribution >= 0.6 is 0 Å². The van der Waals surface area contributed by atoms with Crippen molar-refractivity contribution in [3.05, 3.63) is 58.1 Å². The van der Waals surface area contributed by atoms with Crippen LogP contribution < -0.4 is 10.6 Å². The van der Waals surface area contributed by atoms with Crippen molar-refractivity contribution in [1.82, 2.24) is 5.32 Å². The van der Waals surface area contributed by atoms with Crippen molar-refractivity contribution < 1.29 is 14.7 Å². The van der Waals surface area contributed by atoms with E-state index in [9.17, 15) is 14.7 Å². The lowest BCUT2D eigenvalue weighted by molar-refractivity contribution is -0.115. The van der Waals surface area contributed by atoms with E-state index >= 15 is 0 Å². The number of hydrogen-bond donors (Lipinski definition) is 3. The quantitative estimate of drug-likeness (QED) is 0.808. The normalized spacial score (nSPS) is 10.3. The number of nitrogens with one attached hydrogen (secondary N) is 2. The lowest BCUT2D eigenvalue weighted by Gasteiger charge is -2.13. The highest BCUT2D eigenvalue weighted by atomic mass is 16.3. The van der Waals surface area contributed by atoms with Gasteiger partial charge in [-0.3, -0.25) is 9.59 Å². The fourth-order valence-electron chi connectivity index (χ4n) is 2.65. The van der Waals surface area contributed by atoms with Gasteiger partial charge in [0.1, 0.15) is 5.75 Å². The van der Waals surface area contributed by atoms with Crippen LogP contribution in [-0.2, 0) is 4.79 Å². The van der Waals surface area contributed by atoms with Gasteiger partial charge in [0.2, 0.25) is 5.91 Å². The zero-order valence-corrected chi connectivity index (χ0v) is 14.4. The van der Waals surface area contributed by atoms with E-state index in [0.717, 1.165) is 27.9 Å². The predicted molar refractivity (Wildman–Crippen MR) is 94.5 cm³/mol. The van der Waals surface area contributed by atoms with Crippen LogP contribution in [0.15, 0.2) is 30.3 Å². The monoisotopic (exact) mass is 326 g/mol. The van der Waals surface area contributed by atoms with Crippen LogP contribution in [0.5, 0.6) is 5.75 Å². The Labute approximate surface area is 141 Å². The Morgan fingerprint density at radius 1 is 0.958 bits per heavy atom. The topological polar surface area (TPSA) is 78.4 Å². The molecule has 2 amide bonds. The number of anilines is 1. The number of carbonyl (C=O) groups excluding carboxylic acids is 2. The molecule has 2 aromatic rings. The van der Waals surface area contributed by atoms with Gasteiger partial charge in [-0.1, -0.05) is 29.3 Å². The lowest BCUT2D eigenvalue weighted by atomic mass is 10.1. The molecule has 0 atom stereocenters. The molecule has 0 heterocycles. The van der Waals surface area contributed by atoms with Gasteiger partial charge in [0, 0.05) is 5.69 Å². The summed E-state index contributed by atoms with van der Waals surface area (Å²) in [6.45, 7) is 7.52. The summed E-state index contributed by atoms with van der Waals surface area (Å²) < 4.78 is 0. The van der Waals surface area contributed by atoms with E-state index in [4.69, 9.17) is 0 Å². The molecule has 0 aliphatic rings. The van der Waals surface area contributed by atoms with Gasteiger partial charge in [-0.05, 0) is 51.0 Å². The third-order valence-corrected chi connectivity index (χ3v) is 3.75. The first-order chi connectivity index (χ1) is 11.3. The van der Waals surface area contributed by atoms with E-state index in [0.29, 0.717) is 0 Å². The maximum Gasteiger partial charge on any atom is 0.255 e. The average Bonchev–Trinajstić information content (AvgIpc) is 2.50. The molecule has 5 heteroatoms. The third kappa shape index (κ3) is 4.13. The molecule has 0 spiro atoms. The zero-order chi connectivity index (χ0) is 17.9. The van der Waals surface area contributed by atoms with Crippen LogP contribution in [0.2, 0.25) is 0 Å². The summed E-state index contributed by atoms with van der Waals surface area (Å²) in [6, 6.07) is 8.74. The Hall–Kier alpha value is -2.82. The summed E-state index contributed by atoms with van der Waals surface area (Å²) in [6.07, 6.45) is 0. The first-order valence-electron chi connectivity index (χ1n) is 7.73. The molecule has 5 nitrogen and oxygen atoms in total. The average molecular weight is 326 g/mol. The van der Waals surface area contributed by atoms with Gasteiger partial charge < -0.3 is 15.7 Å². The summed E-state index contributed by atoms with van der Waals surface area (Å²) in [5, 5.41) is 15.1. The number of aryl methyl sites for hydroxylation is 4. The maximum absolute atomic E-state index is 12.1. The van der Waals surface area contributed by atoms with Gasteiger partial charge in [-0.25, -0.2) is 0 Å². The van der Waals surface area contributed by atoms with E-state index in [1.807, 2.05) is 39.8 Å². The molecule has 0 aromatic heterocycles. The number of rotatable bonds is 4. The van der Waals surface area contributed by atoms with E-state index in [1.54, 1.807) is 12.1 Å². The Balaban J connectivity index is 2.01. The molecule has 126 valence electrons. The van der Waals surface area contributed by atoms with Crippen LogP contribution in [0.4, 0.5) is 5.69 Å². The fraction of sp³-hybridized carbons (Fsp3) is 0.263. The van der Waals surface area contributed by atoms with Crippen molar-refractivity contribution in [2.45, 2.75) is 27.7 Å². The molecule has 0 fully saturated rings. The molecule has 2 aromatic carbocycles. The highest BCUT2D eigenvalue weighted by molar-refractivity contribution is 6.01. The smallest absolute Gasteiger partial charge is 0.255 e. The Morgan fingerprint density at radius 2 is 1.58 bits per heavy atom. The summed E-state index contributed by atoms with van der Waals surface area (Å²) in [5.74, 6) is -0.905. The Bertz CT molecular complexity index is 774. The number of phenolic OH excluding ortho intramolecular Hbond substituents is 1. The summed E-state index contributed by atoms with van der Waals surface area (Å²) in [4.78, 5) is 24.2. The molecule has 2 rings (SSSR count). The minimum atomic E-state index is -0.483. The Kier molecular flexibility index (Phi) is 5.24. The van der Waals surface area contributed by atoms with Crippen LogP contribution in [0.1, 0.15) is 32.6 Å². The molecule has 0 radical (unpaired) electrons. The number of benzene rings is 2. The maximum atomic E-state index is 12.1. The van der Waals surface area contributed by atoms with E-state index in [2.05, 4.69) is 10.6 Å². The first-order valence-corrected chi connectivity index (χ1v) is 7.73. The highest BCUT2D eigenvalue weighted by Gasteiger charge is 2.13. The zero-order valence-electron chi connectivity index (χ0n) is 14.4. The summed E-state index contributed by atoms with van der Waals surface area (Å²) >= 11 is 0. The van der Waals surface area contributed by atoms with Gasteiger partial charge in [0.05, 0.1) is 12.1 Å². The van der Waals surface area contributed by atoms with Crippen molar-refractivity contribution in [2.75, 3.05) is 11.9 Å². The molecule has 0 saturated heterocycles. The van der Waals surface area contributed by atoms with Crippen molar-refractivity contribution in [3.8, 4) is 5.75 Å². The van der Waals surface area contributed by atoms with Gasteiger partial charge in [-0.15, -0.1) is 0 Å². The largest absolute Gasteiger partial charge is 0.507 e. The van der Waals surface area contributed by atoms with Crippen molar-refractivity contribution in [1.29, 1.82) is 0 Å². The Morgan fingerprint density at radius 3 is 2.21 bits per heavy atom. The van der Waals surface area contributed by atoms with Gasteiger partial charge >= 0.3 is 0 Å². The molecule has 24 heavy (non-hydrogen) atoms. The number of amides is 2. The van der Waals surface area contributed by atoms with Crippen LogP contribution in [0, 0.1) is 27.7 Å². The number of phenols is 1. The number of hydrogen-bond acceptors (Lipinski definition) is 3. The second-order valence-electron chi connectivity index (χ2n) is 6.03. The van der Waals surface area contributed by atoms with E-state index in [-0.39, 0.29) is 23.8 Å². The number of carbonyl (C=O) groups is 2. The highest BCUT2D eigenvalue weighted by Crippen LogP contribution is 2.22. The summed E-state index contributed by atoms with van der Waals surface area (Å²) in [5.41, 5.74) is 4.86. The molecule has 0 aliphatic carbocycles. The lowest BCUT2D eigenvalue weighted by Crippen LogP contribution is -2.33. The minimum Gasteiger partial charge on any atom is -0.507 e. The van der Waals surface area contributed by atoms with Crippen LogP contribution in [0.3, 0.4) is 0 Å². The van der Waals surface area contributed by atoms with Crippen molar-refractivity contribution in [3.63, 3.8) is 0 Å². The first kappa shape index (κ1) is 17.5. The standard InChI is InChI=1S/C19H22N2O3/c1-11-5-6-16(22)15(9-11)19(24)20-10-17(23)21-18-13(3)7-12(2)8-14(18)4/h5-9,22H,10H2,1-4H3,(H,20,24)(H,21,23). The second-order valence-corrected chi connectivity index (χ2v) is 6.03. The van der Waals surface area contributed by atoms with Gasteiger partial charge in [0.15, 0.2) is 0 Å². The predicted octanol–water partition coefficient (Wildman–Crippen LogP) is 2.99. The molecule has 0 aliphatic heterocycles. The van der Waals surface area contributed by atoms with E-state index < -0.39 is 5.91 Å². The van der Waals surface area contributed by atoms with Crippen molar-refractivity contribution in [2.24, 2.45) is 0 Å². The van der Waals surface area contributed by atoms with Crippen LogP contribution in [0.25, 0.3) is 0 Å². The van der Waals surface area contributed by atoms with E-state index in [1.165, 1.54) is 6.07 Å². The molecule has 3 N–H and O–H groups in total. The molecule has 0 saturated carbocycles. The van der Waals surface area contributed by atoms with Crippen LogP contribution in [-0.4, -0.2) is 23.5 Å². The fourth-order valence-corrected chi connectivity index (χ4v) is 2.65. The van der Waals surface area contributed by atoms with Crippen molar-refractivity contribution >= 4 is 17.5 Å². The SMILES string of the molecule is Cc1cc(C)c(NC(=O)CNC(=O)c2cc(C)ccc2O)c(C)c1. The second kappa shape index (κ2) is 7.17. The van der Waals surface area contributed by atoms with Gasteiger partial charge in [-0.2, -0.15) is 0 Å². The molecular formula is C19H22N2O3. The molecule has 0 unspecified atom stereocenters. The third-order valence-electron chi connectivity index (χ3n) is 3.75. The van der Waals surface area contributed by atoms with Gasteiger partial charge in [0.25, 0.3) is 5.91 Å². The number of aromatic hydroxyl groups is 1. The minimum absolute atomic E-state index is 0.108. The summed E-state index contributed by atoms with van der Waals surface area (Å²) in [7, 11) is 0. The molecule has 0 bridgehead atoms.